The highest BCUT2D eigenvalue weighted by Crippen LogP contribution is 2.17. The first kappa shape index (κ1) is 24.3. The van der Waals surface area contributed by atoms with E-state index in [-0.39, 0.29) is 11.7 Å². The molecule has 1 N–H and O–H groups in total. The van der Waals surface area contributed by atoms with Crippen molar-refractivity contribution in [3.63, 3.8) is 0 Å². The fourth-order valence-corrected chi connectivity index (χ4v) is 4.08. The molecular weight excluding hydrogens is 444 g/mol. The van der Waals surface area contributed by atoms with Crippen molar-refractivity contribution in [3.8, 4) is 5.75 Å². The van der Waals surface area contributed by atoms with Crippen LogP contribution >= 0.6 is 0 Å². The second-order valence-corrected chi connectivity index (χ2v) is 8.79. The lowest BCUT2D eigenvalue weighted by Crippen LogP contribution is -2.49. The minimum Gasteiger partial charge on any atom is -0.478 e. The van der Waals surface area contributed by atoms with E-state index in [1.807, 2.05) is 36.5 Å². The van der Waals surface area contributed by atoms with Crippen LogP contribution in [-0.4, -0.2) is 69.7 Å². The number of nitrogens with zero attached hydrogens (tertiary/aromatic N) is 4. The van der Waals surface area contributed by atoms with E-state index in [2.05, 4.69) is 27.9 Å². The summed E-state index contributed by atoms with van der Waals surface area (Å²) in [6.45, 7) is 5.80. The number of ether oxygens (including phenoxy) is 1. The number of benzene rings is 1. The quantitative estimate of drug-likeness (QED) is 0.530. The minimum atomic E-state index is -0.965. The average Bonchev–Trinajstić information content (AvgIpc) is 2.86. The van der Waals surface area contributed by atoms with Gasteiger partial charge < -0.3 is 14.7 Å². The van der Waals surface area contributed by atoms with Gasteiger partial charge in [-0.25, -0.2) is 9.59 Å². The zero-order valence-electron chi connectivity index (χ0n) is 19.9. The Kier molecular flexibility index (Phi) is 8.05. The summed E-state index contributed by atoms with van der Waals surface area (Å²) in [6.07, 6.45) is 5.35. The van der Waals surface area contributed by atoms with Crippen molar-refractivity contribution < 1.29 is 19.4 Å². The van der Waals surface area contributed by atoms with Crippen molar-refractivity contribution in [1.82, 2.24) is 19.8 Å². The topological polar surface area (TPSA) is 95.9 Å². The first-order chi connectivity index (χ1) is 17.0. The number of hydrogen-bond donors (Lipinski definition) is 1. The van der Waals surface area contributed by atoms with E-state index in [0.717, 1.165) is 55.8 Å². The molecule has 0 atom stereocenters. The maximum Gasteiger partial charge on any atom is 0.415 e. The van der Waals surface area contributed by atoms with Crippen LogP contribution in [0.25, 0.3) is 0 Å². The number of pyridine rings is 2. The number of aromatic carboxylic acids is 1. The lowest BCUT2D eigenvalue weighted by Gasteiger charge is -2.34. The molecule has 0 unspecified atom stereocenters. The monoisotopic (exact) mass is 474 g/mol. The lowest BCUT2D eigenvalue weighted by atomic mass is 10.1. The Balaban J connectivity index is 1.17. The highest BCUT2D eigenvalue weighted by Gasteiger charge is 2.22. The van der Waals surface area contributed by atoms with E-state index in [0.29, 0.717) is 18.8 Å². The van der Waals surface area contributed by atoms with Gasteiger partial charge in [0.1, 0.15) is 5.75 Å². The molecule has 4 rings (SSSR count). The second-order valence-electron chi connectivity index (χ2n) is 8.79. The van der Waals surface area contributed by atoms with Crippen LogP contribution in [-0.2, 0) is 12.8 Å². The molecule has 1 amide bonds. The molecule has 1 aliphatic heterocycles. The van der Waals surface area contributed by atoms with E-state index in [1.165, 1.54) is 11.8 Å². The van der Waals surface area contributed by atoms with Crippen molar-refractivity contribution in [2.75, 3.05) is 32.7 Å². The molecule has 8 nitrogen and oxygen atoms in total. The number of carbonyl (C=O) groups excluding carboxylic acids is 1. The average molecular weight is 475 g/mol. The third kappa shape index (κ3) is 7.10. The molecule has 3 aromatic rings. The van der Waals surface area contributed by atoms with E-state index in [1.54, 1.807) is 17.0 Å². The molecule has 0 bridgehead atoms. The summed E-state index contributed by atoms with van der Waals surface area (Å²) < 4.78 is 5.58. The smallest absolute Gasteiger partial charge is 0.415 e. The number of aryl methyl sites for hydroxylation is 2. The largest absolute Gasteiger partial charge is 0.478 e. The number of amides is 1. The summed E-state index contributed by atoms with van der Waals surface area (Å²) in [4.78, 5) is 36.2. The molecule has 3 heterocycles. The van der Waals surface area contributed by atoms with Gasteiger partial charge in [-0.1, -0.05) is 12.1 Å². The Bertz CT molecular complexity index is 1140. The van der Waals surface area contributed by atoms with E-state index in [4.69, 9.17) is 9.84 Å². The highest BCUT2D eigenvalue weighted by atomic mass is 16.6. The Hall–Kier alpha value is -3.78. The molecule has 1 saturated heterocycles. The van der Waals surface area contributed by atoms with E-state index >= 15 is 0 Å². The number of hydrogen-bond acceptors (Lipinski definition) is 6. The summed E-state index contributed by atoms with van der Waals surface area (Å²) in [5.74, 6) is -0.423. The van der Waals surface area contributed by atoms with Gasteiger partial charge >= 0.3 is 12.1 Å². The highest BCUT2D eigenvalue weighted by molar-refractivity contribution is 5.87. The van der Waals surface area contributed by atoms with Crippen molar-refractivity contribution in [2.45, 2.75) is 26.2 Å². The van der Waals surface area contributed by atoms with Gasteiger partial charge in [-0.3, -0.25) is 14.9 Å². The van der Waals surface area contributed by atoms with Gasteiger partial charge in [-0.2, -0.15) is 0 Å². The van der Waals surface area contributed by atoms with Gasteiger partial charge in [0, 0.05) is 56.4 Å². The molecule has 0 radical (unpaired) electrons. The maximum atomic E-state index is 12.6. The molecule has 35 heavy (non-hydrogen) atoms. The molecule has 8 heteroatoms. The second kappa shape index (κ2) is 11.6. The van der Waals surface area contributed by atoms with Crippen LogP contribution in [0.4, 0.5) is 4.79 Å². The third-order valence-corrected chi connectivity index (χ3v) is 6.10. The number of carboxylic acid groups (broad SMARTS) is 1. The van der Waals surface area contributed by atoms with Crippen molar-refractivity contribution in [1.29, 1.82) is 0 Å². The molecule has 1 aliphatic rings. The van der Waals surface area contributed by atoms with Gasteiger partial charge in [0.05, 0.1) is 5.56 Å². The predicted octanol–water partition coefficient (Wildman–Crippen LogP) is 3.82. The minimum absolute atomic E-state index is 0.201. The molecule has 0 saturated carbocycles. The third-order valence-electron chi connectivity index (χ3n) is 6.10. The summed E-state index contributed by atoms with van der Waals surface area (Å²) in [5.41, 5.74) is 4.40. The lowest BCUT2D eigenvalue weighted by molar-refractivity contribution is 0.0696. The van der Waals surface area contributed by atoms with Crippen LogP contribution in [0.2, 0.25) is 0 Å². The molecule has 1 aromatic carbocycles. The SMILES string of the molecule is Cc1ccnc(Cc2ccc(OC(=O)N3CCN(CCCc4ccc(C(=O)O)cn4)CC3)cc2)c1. The standard InChI is InChI=1S/C27H30N4O4/c1-20-10-11-28-24(17-20)18-21-4-8-25(9-5-21)35-27(34)31-15-13-30(14-16-31)12-2-3-23-7-6-22(19-29-23)26(32)33/h4-11,17,19H,2-3,12-16,18H2,1H3,(H,32,33). The molecular formula is C27H30N4O4. The normalized spacial score (nSPS) is 14.0. The van der Waals surface area contributed by atoms with Crippen molar-refractivity contribution >= 4 is 12.1 Å². The predicted molar refractivity (Wildman–Crippen MR) is 132 cm³/mol. The molecule has 0 spiro atoms. The number of aromatic nitrogens is 2. The zero-order valence-corrected chi connectivity index (χ0v) is 19.9. The van der Waals surface area contributed by atoms with Crippen LogP contribution in [0.15, 0.2) is 60.9 Å². The Labute approximate surface area is 205 Å². The Morgan fingerprint density at radius 2 is 1.74 bits per heavy atom. The summed E-state index contributed by atoms with van der Waals surface area (Å²) in [7, 11) is 0. The Morgan fingerprint density at radius 1 is 0.971 bits per heavy atom. The number of carboxylic acids is 1. The number of rotatable bonds is 8. The van der Waals surface area contributed by atoms with Crippen molar-refractivity contribution in [2.24, 2.45) is 0 Å². The van der Waals surface area contributed by atoms with Crippen LogP contribution in [0.3, 0.4) is 0 Å². The van der Waals surface area contributed by atoms with Crippen LogP contribution in [0, 0.1) is 6.92 Å². The number of piperazine rings is 1. The fourth-order valence-electron chi connectivity index (χ4n) is 4.08. The van der Waals surface area contributed by atoms with Crippen LogP contribution in [0.5, 0.6) is 5.75 Å². The molecule has 1 fully saturated rings. The summed E-state index contributed by atoms with van der Waals surface area (Å²) in [5, 5.41) is 8.95. The van der Waals surface area contributed by atoms with Crippen LogP contribution in [0.1, 0.15) is 39.3 Å². The number of carbonyl (C=O) groups is 2. The maximum absolute atomic E-state index is 12.6. The van der Waals surface area contributed by atoms with Crippen molar-refractivity contribution in [3.05, 3.63) is 89.0 Å². The summed E-state index contributed by atoms with van der Waals surface area (Å²) >= 11 is 0. The van der Waals surface area contributed by atoms with Gasteiger partial charge in [-0.05, 0) is 73.8 Å². The van der Waals surface area contributed by atoms with E-state index < -0.39 is 5.97 Å². The van der Waals surface area contributed by atoms with Gasteiger partial charge in [-0.15, -0.1) is 0 Å². The first-order valence-corrected chi connectivity index (χ1v) is 11.8. The molecule has 182 valence electrons. The molecule has 0 aliphatic carbocycles. The molecule has 2 aromatic heterocycles. The van der Waals surface area contributed by atoms with Gasteiger partial charge in [0.25, 0.3) is 0 Å². The van der Waals surface area contributed by atoms with Gasteiger partial charge in [0.15, 0.2) is 0 Å². The first-order valence-electron chi connectivity index (χ1n) is 11.8. The fraction of sp³-hybridized carbons (Fsp3) is 0.333. The van der Waals surface area contributed by atoms with Gasteiger partial charge in [0.2, 0.25) is 0 Å². The van der Waals surface area contributed by atoms with Crippen LogP contribution < -0.4 is 4.74 Å². The van der Waals surface area contributed by atoms with E-state index in [9.17, 15) is 9.59 Å². The summed E-state index contributed by atoms with van der Waals surface area (Å²) in [6, 6.07) is 15.0. The Morgan fingerprint density at radius 3 is 2.40 bits per heavy atom. The zero-order chi connectivity index (χ0) is 24.6.